The van der Waals surface area contributed by atoms with Gasteiger partial charge < -0.3 is 10.6 Å². The first-order chi connectivity index (χ1) is 10.2. The second-order valence-electron chi connectivity index (χ2n) is 5.72. The summed E-state index contributed by atoms with van der Waals surface area (Å²) in [7, 11) is 0. The maximum atomic E-state index is 4.46. The number of nitrogens with zero attached hydrogens (tertiary/aromatic N) is 2. The largest absolute Gasteiger partial charge is 0.370 e. The summed E-state index contributed by atoms with van der Waals surface area (Å²) in [5, 5.41) is 6.92. The second-order valence-corrected chi connectivity index (χ2v) is 5.72. The highest BCUT2D eigenvalue weighted by Crippen LogP contribution is 2.23. The molecule has 2 N–H and O–H groups in total. The molecule has 1 unspecified atom stereocenters. The molecule has 0 aromatic carbocycles. The first-order valence-corrected chi connectivity index (χ1v) is 8.57. The predicted molar refractivity (Wildman–Crippen MR) is 92.0 cm³/mol. The molecule has 1 aromatic rings. The van der Waals surface area contributed by atoms with Gasteiger partial charge in [0, 0.05) is 18.2 Å². The lowest BCUT2D eigenvalue weighted by atomic mass is 10.1. The molecule has 0 radical (unpaired) electrons. The highest BCUT2D eigenvalue weighted by molar-refractivity contribution is 5.57. The van der Waals surface area contributed by atoms with Crippen LogP contribution in [0.5, 0.6) is 0 Å². The molecule has 0 aliphatic carbocycles. The zero-order valence-corrected chi connectivity index (χ0v) is 14.2. The molecule has 0 spiro atoms. The lowest BCUT2D eigenvalue weighted by Crippen LogP contribution is -2.18. The average Bonchev–Trinajstić information content (AvgIpc) is 2.47. The van der Waals surface area contributed by atoms with Crippen LogP contribution < -0.4 is 10.6 Å². The van der Waals surface area contributed by atoms with Gasteiger partial charge in [0.05, 0.1) is 0 Å². The van der Waals surface area contributed by atoms with E-state index < -0.39 is 0 Å². The Balaban J connectivity index is 2.65. The Hall–Kier alpha value is -1.32. The Bertz CT molecular complexity index is 392. The van der Waals surface area contributed by atoms with Crippen LogP contribution >= 0.6 is 0 Å². The van der Waals surface area contributed by atoms with Crippen molar-refractivity contribution in [1.82, 2.24) is 9.97 Å². The number of rotatable bonds is 11. The minimum absolute atomic E-state index is 0.460. The first kappa shape index (κ1) is 17.7. The van der Waals surface area contributed by atoms with E-state index in [9.17, 15) is 0 Å². The van der Waals surface area contributed by atoms with Gasteiger partial charge in [-0.1, -0.05) is 46.0 Å². The van der Waals surface area contributed by atoms with Crippen LogP contribution in [0.4, 0.5) is 11.6 Å². The minimum atomic E-state index is 0.460. The third-order valence-electron chi connectivity index (χ3n) is 3.66. The smallest absolute Gasteiger partial charge is 0.134 e. The Labute approximate surface area is 130 Å². The summed E-state index contributed by atoms with van der Waals surface area (Å²) in [6.45, 7) is 9.68. The van der Waals surface area contributed by atoms with E-state index >= 15 is 0 Å². The average molecular weight is 292 g/mol. The van der Waals surface area contributed by atoms with Gasteiger partial charge in [0.2, 0.25) is 0 Å². The fourth-order valence-corrected chi connectivity index (χ4v) is 2.53. The molecule has 0 fully saturated rings. The molecule has 4 heteroatoms. The molecule has 21 heavy (non-hydrogen) atoms. The second kappa shape index (κ2) is 10.4. The number of anilines is 2. The molecule has 120 valence electrons. The maximum Gasteiger partial charge on any atom is 0.134 e. The molecule has 0 aliphatic rings. The van der Waals surface area contributed by atoms with Gasteiger partial charge in [-0.25, -0.2) is 9.97 Å². The quantitative estimate of drug-likeness (QED) is 0.584. The van der Waals surface area contributed by atoms with Crippen molar-refractivity contribution in [2.75, 3.05) is 17.2 Å². The van der Waals surface area contributed by atoms with Gasteiger partial charge >= 0.3 is 0 Å². The van der Waals surface area contributed by atoms with E-state index in [-0.39, 0.29) is 0 Å². The summed E-state index contributed by atoms with van der Waals surface area (Å²) >= 11 is 0. The summed E-state index contributed by atoms with van der Waals surface area (Å²) in [5.74, 6) is 1.99. The van der Waals surface area contributed by atoms with E-state index in [1.807, 2.05) is 0 Å². The molecule has 0 saturated carbocycles. The predicted octanol–water partition coefficient (Wildman–Crippen LogP) is 4.63. The minimum Gasteiger partial charge on any atom is -0.370 e. The maximum absolute atomic E-state index is 4.46. The van der Waals surface area contributed by atoms with Crippen LogP contribution in [0.25, 0.3) is 0 Å². The summed E-state index contributed by atoms with van der Waals surface area (Å²) in [6, 6.07) is 0.460. The van der Waals surface area contributed by atoms with E-state index in [4.69, 9.17) is 0 Å². The summed E-state index contributed by atoms with van der Waals surface area (Å²) in [4.78, 5) is 8.84. The third-order valence-corrected chi connectivity index (χ3v) is 3.66. The molecule has 1 aromatic heterocycles. The van der Waals surface area contributed by atoms with Crippen molar-refractivity contribution < 1.29 is 0 Å². The van der Waals surface area contributed by atoms with Crippen LogP contribution in [0, 0.1) is 0 Å². The molecule has 1 heterocycles. The van der Waals surface area contributed by atoms with E-state index in [2.05, 4.69) is 48.3 Å². The Kier molecular flexibility index (Phi) is 8.79. The Morgan fingerprint density at radius 2 is 1.76 bits per heavy atom. The highest BCUT2D eigenvalue weighted by atomic mass is 15.1. The standard InChI is InChI=1S/C17H32N4/c1-5-8-9-10-12-14(4)21-17-15(11-6-2)16(18-7-3)19-13-20-17/h13-14H,5-12H2,1-4H3,(H2,18,19,20,21). The first-order valence-electron chi connectivity index (χ1n) is 8.57. The van der Waals surface area contributed by atoms with Crippen LogP contribution in [0.2, 0.25) is 0 Å². The van der Waals surface area contributed by atoms with Gasteiger partial charge in [0.1, 0.15) is 18.0 Å². The molecular weight excluding hydrogens is 260 g/mol. The summed E-state index contributed by atoms with van der Waals surface area (Å²) in [5.41, 5.74) is 1.22. The van der Waals surface area contributed by atoms with Crippen molar-refractivity contribution >= 4 is 11.6 Å². The van der Waals surface area contributed by atoms with Crippen molar-refractivity contribution in [3.63, 3.8) is 0 Å². The molecule has 0 saturated heterocycles. The number of nitrogens with one attached hydrogen (secondary N) is 2. The van der Waals surface area contributed by atoms with Crippen LogP contribution in [0.3, 0.4) is 0 Å². The fraction of sp³-hybridized carbons (Fsp3) is 0.765. The van der Waals surface area contributed by atoms with Crippen molar-refractivity contribution in [1.29, 1.82) is 0 Å². The zero-order valence-electron chi connectivity index (χ0n) is 14.2. The van der Waals surface area contributed by atoms with Crippen LogP contribution in [-0.2, 0) is 6.42 Å². The van der Waals surface area contributed by atoms with Crippen LogP contribution in [0.1, 0.15) is 71.8 Å². The zero-order chi connectivity index (χ0) is 15.5. The lowest BCUT2D eigenvalue weighted by molar-refractivity contribution is 0.592. The Morgan fingerprint density at radius 3 is 2.43 bits per heavy atom. The topological polar surface area (TPSA) is 49.8 Å². The number of aromatic nitrogens is 2. The highest BCUT2D eigenvalue weighted by Gasteiger charge is 2.12. The van der Waals surface area contributed by atoms with Gasteiger partial charge in [-0.2, -0.15) is 0 Å². The van der Waals surface area contributed by atoms with Crippen LogP contribution in [0.15, 0.2) is 6.33 Å². The summed E-state index contributed by atoms with van der Waals surface area (Å²) in [6.07, 6.45) is 10.2. The van der Waals surface area contributed by atoms with Gasteiger partial charge in [-0.05, 0) is 26.7 Å². The number of unbranched alkanes of at least 4 members (excludes halogenated alkanes) is 3. The normalized spacial score (nSPS) is 12.2. The number of hydrogen-bond donors (Lipinski definition) is 2. The number of hydrogen-bond acceptors (Lipinski definition) is 4. The third kappa shape index (κ3) is 6.32. The fourth-order valence-electron chi connectivity index (χ4n) is 2.53. The van der Waals surface area contributed by atoms with E-state index in [1.54, 1.807) is 6.33 Å². The molecule has 0 amide bonds. The molecule has 1 rings (SSSR count). The molecule has 0 aliphatic heterocycles. The SMILES string of the molecule is CCCCCCC(C)Nc1ncnc(NCC)c1CCC. The van der Waals surface area contributed by atoms with E-state index in [1.165, 1.54) is 37.7 Å². The van der Waals surface area contributed by atoms with Crippen molar-refractivity contribution in [3.8, 4) is 0 Å². The van der Waals surface area contributed by atoms with Crippen molar-refractivity contribution in [3.05, 3.63) is 11.9 Å². The summed E-state index contributed by atoms with van der Waals surface area (Å²) < 4.78 is 0. The lowest BCUT2D eigenvalue weighted by Gasteiger charge is -2.19. The molecule has 1 atom stereocenters. The van der Waals surface area contributed by atoms with Gasteiger partial charge in [0.15, 0.2) is 0 Å². The molecular formula is C17H32N4. The Morgan fingerprint density at radius 1 is 1.00 bits per heavy atom. The van der Waals surface area contributed by atoms with Crippen molar-refractivity contribution in [2.24, 2.45) is 0 Å². The van der Waals surface area contributed by atoms with Crippen molar-refractivity contribution in [2.45, 2.75) is 78.7 Å². The monoisotopic (exact) mass is 292 g/mol. The molecule has 4 nitrogen and oxygen atoms in total. The van der Waals surface area contributed by atoms with E-state index in [0.717, 1.165) is 31.0 Å². The van der Waals surface area contributed by atoms with Crippen LogP contribution in [-0.4, -0.2) is 22.6 Å². The molecule has 0 bridgehead atoms. The van der Waals surface area contributed by atoms with Gasteiger partial charge in [-0.15, -0.1) is 0 Å². The van der Waals surface area contributed by atoms with E-state index in [0.29, 0.717) is 6.04 Å². The van der Waals surface area contributed by atoms with Gasteiger partial charge in [0.25, 0.3) is 0 Å². The van der Waals surface area contributed by atoms with Gasteiger partial charge in [-0.3, -0.25) is 0 Å².